The lowest BCUT2D eigenvalue weighted by Crippen LogP contribution is -2.04. The number of nitrogens with zero attached hydrogens (tertiary/aromatic N) is 3. The summed E-state index contributed by atoms with van der Waals surface area (Å²) in [6, 6.07) is 77.2. The Balaban J connectivity index is 0.00000215. The van der Waals surface area contributed by atoms with Crippen LogP contribution in [0.2, 0.25) is 0 Å². The minimum atomic E-state index is 0.647. The molecule has 3 nitrogen and oxygen atoms in total. The van der Waals surface area contributed by atoms with Gasteiger partial charge in [-0.2, -0.15) is 0 Å². The van der Waals surface area contributed by atoms with Crippen LogP contribution in [0.15, 0.2) is 212 Å². The van der Waals surface area contributed by atoms with Gasteiger partial charge >= 0.3 is 0 Å². The molecule has 3 aromatic heterocycles. The maximum absolute atomic E-state index is 5.67. The Bertz CT molecular complexity index is 4250. The molecule has 11 aromatic carbocycles. The maximum atomic E-state index is 5.67. The summed E-state index contributed by atoms with van der Waals surface area (Å²) in [5.74, 6) is 0.647. The molecule has 0 bridgehead atoms. The summed E-state index contributed by atoms with van der Waals surface area (Å²) < 4.78 is 4.95. The highest BCUT2D eigenvalue weighted by molar-refractivity contribution is 7.26. The summed E-state index contributed by atoms with van der Waals surface area (Å²) in [6.45, 7) is 4.00. The molecular weight excluding hydrogens is 819 g/mol. The van der Waals surface area contributed by atoms with Crippen molar-refractivity contribution in [2.75, 3.05) is 0 Å². The first-order valence-electron chi connectivity index (χ1n) is 22.8. The normalized spacial score (nSPS) is 11.8. The molecule has 0 aliphatic carbocycles. The minimum absolute atomic E-state index is 0.647. The van der Waals surface area contributed by atoms with Gasteiger partial charge in [-0.1, -0.05) is 214 Å². The van der Waals surface area contributed by atoms with Gasteiger partial charge in [-0.05, 0) is 61.0 Å². The lowest BCUT2D eigenvalue weighted by Gasteiger charge is -2.15. The number of hydrogen-bond acceptors (Lipinski definition) is 3. The largest absolute Gasteiger partial charge is 0.277 e. The average Bonchev–Trinajstić information content (AvgIpc) is 3.96. The number of thiophene rings is 1. The predicted octanol–water partition coefficient (Wildman–Crippen LogP) is 17.7. The molecular formula is C62H41N3S. The Morgan fingerprint density at radius 2 is 0.894 bits per heavy atom. The van der Waals surface area contributed by atoms with Crippen LogP contribution >= 0.6 is 11.3 Å². The van der Waals surface area contributed by atoms with Crippen molar-refractivity contribution in [3.63, 3.8) is 0 Å². The smallest absolute Gasteiger partial charge is 0.235 e. The van der Waals surface area contributed by atoms with Crippen LogP contribution in [0.4, 0.5) is 0 Å². The fourth-order valence-electron chi connectivity index (χ4n) is 10.6. The van der Waals surface area contributed by atoms with E-state index in [2.05, 4.69) is 217 Å². The van der Waals surface area contributed by atoms with E-state index in [1.165, 1.54) is 90.7 Å². The van der Waals surface area contributed by atoms with E-state index in [-0.39, 0.29) is 0 Å². The molecule has 0 aliphatic rings. The molecule has 0 fully saturated rings. The van der Waals surface area contributed by atoms with E-state index in [9.17, 15) is 0 Å². The van der Waals surface area contributed by atoms with Crippen molar-refractivity contribution in [2.24, 2.45) is 0 Å². The Morgan fingerprint density at radius 1 is 0.348 bits per heavy atom. The molecule has 14 rings (SSSR count). The van der Waals surface area contributed by atoms with E-state index in [0.29, 0.717) is 5.95 Å². The second-order valence-electron chi connectivity index (χ2n) is 16.8. The third kappa shape index (κ3) is 5.68. The number of fused-ring (bicyclic) bond motifs is 15. The summed E-state index contributed by atoms with van der Waals surface area (Å²) in [4.78, 5) is 11.2. The van der Waals surface area contributed by atoms with Gasteiger partial charge in [-0.25, -0.2) is 9.97 Å². The first kappa shape index (κ1) is 38.3. The lowest BCUT2D eigenvalue weighted by molar-refractivity contribution is 1.02. The molecule has 0 amide bonds. The summed E-state index contributed by atoms with van der Waals surface area (Å²) in [7, 11) is 0. The molecule has 0 unspecified atom stereocenters. The molecule has 0 radical (unpaired) electrons. The second kappa shape index (κ2) is 15.2. The van der Waals surface area contributed by atoms with Crippen molar-refractivity contribution in [2.45, 2.75) is 13.8 Å². The van der Waals surface area contributed by atoms with Gasteiger partial charge in [0.25, 0.3) is 0 Å². The van der Waals surface area contributed by atoms with E-state index in [1.54, 1.807) is 0 Å². The molecule has 0 spiro atoms. The summed E-state index contributed by atoms with van der Waals surface area (Å²) in [6.07, 6.45) is 0. The van der Waals surface area contributed by atoms with E-state index < -0.39 is 0 Å². The third-order valence-electron chi connectivity index (χ3n) is 13.4. The summed E-state index contributed by atoms with van der Waals surface area (Å²) in [5.41, 5.74) is 9.81. The molecule has 0 saturated heterocycles. The van der Waals surface area contributed by atoms with Crippen LogP contribution < -0.4 is 0 Å². The topological polar surface area (TPSA) is 30.7 Å². The van der Waals surface area contributed by atoms with Gasteiger partial charge in [-0.15, -0.1) is 11.3 Å². The van der Waals surface area contributed by atoms with Gasteiger partial charge < -0.3 is 0 Å². The third-order valence-corrected chi connectivity index (χ3v) is 14.6. The van der Waals surface area contributed by atoms with Crippen LogP contribution in [0.25, 0.3) is 135 Å². The highest BCUT2D eigenvalue weighted by Gasteiger charge is 2.25. The molecule has 3 heterocycles. The molecule has 0 saturated carbocycles. The van der Waals surface area contributed by atoms with E-state index in [0.717, 1.165) is 38.8 Å². The maximum Gasteiger partial charge on any atom is 0.235 e. The zero-order valence-corrected chi connectivity index (χ0v) is 37.3. The van der Waals surface area contributed by atoms with Crippen LogP contribution in [-0.4, -0.2) is 14.5 Å². The second-order valence-corrected chi connectivity index (χ2v) is 17.8. The van der Waals surface area contributed by atoms with Crippen molar-refractivity contribution in [1.82, 2.24) is 14.5 Å². The van der Waals surface area contributed by atoms with Gasteiger partial charge in [0.15, 0.2) is 0 Å². The molecule has 4 heteroatoms. The highest BCUT2D eigenvalue weighted by atomic mass is 32.1. The Labute approximate surface area is 385 Å². The molecule has 310 valence electrons. The summed E-state index contributed by atoms with van der Waals surface area (Å²) in [5, 5.41) is 15.9. The first-order valence-corrected chi connectivity index (χ1v) is 23.6. The average molecular weight is 860 g/mol. The minimum Gasteiger partial charge on any atom is -0.277 e. The zero-order chi connectivity index (χ0) is 43.9. The number of benzene rings is 11. The van der Waals surface area contributed by atoms with E-state index >= 15 is 0 Å². The van der Waals surface area contributed by atoms with Crippen LogP contribution in [0, 0.1) is 0 Å². The van der Waals surface area contributed by atoms with Crippen LogP contribution in [0.3, 0.4) is 0 Å². The van der Waals surface area contributed by atoms with Crippen molar-refractivity contribution >= 4 is 107 Å². The number of hydrogen-bond donors (Lipinski definition) is 0. The SMILES string of the molecule is CC.c1ccc2c(-c3ccc(-c4nc(-n5c6c(-c7cccc8c7sc7ccc9ccccc9c78)cccc6c6c7ccccc7c7ccccc7c65)nc5ccccc45)cc3)cccc2c1. The molecule has 14 aromatic rings. The number of para-hydroxylation sites is 2. The Hall–Kier alpha value is -8.18. The monoisotopic (exact) mass is 859 g/mol. The lowest BCUT2D eigenvalue weighted by atomic mass is 9.95. The molecule has 0 N–H and O–H groups in total. The zero-order valence-electron chi connectivity index (χ0n) is 36.5. The first-order chi connectivity index (χ1) is 32.8. The molecule has 0 aliphatic heterocycles. The van der Waals surface area contributed by atoms with Crippen LogP contribution in [-0.2, 0) is 0 Å². The summed E-state index contributed by atoms with van der Waals surface area (Å²) >= 11 is 1.88. The number of rotatable bonds is 4. The Kier molecular flexibility index (Phi) is 8.84. The van der Waals surface area contributed by atoms with Crippen LogP contribution in [0.5, 0.6) is 0 Å². The van der Waals surface area contributed by atoms with Crippen molar-refractivity contribution in [3.05, 3.63) is 212 Å². The van der Waals surface area contributed by atoms with E-state index in [4.69, 9.17) is 9.97 Å². The van der Waals surface area contributed by atoms with Gasteiger partial charge in [0.05, 0.1) is 22.2 Å². The van der Waals surface area contributed by atoms with Gasteiger partial charge in [0, 0.05) is 58.4 Å². The fourth-order valence-corrected chi connectivity index (χ4v) is 11.8. The molecule has 0 atom stereocenters. The van der Waals surface area contributed by atoms with Crippen molar-refractivity contribution < 1.29 is 0 Å². The predicted molar refractivity (Wildman–Crippen MR) is 284 cm³/mol. The van der Waals surface area contributed by atoms with Gasteiger partial charge in [0.1, 0.15) is 0 Å². The fraction of sp³-hybridized carbons (Fsp3) is 0.0323. The molecule has 66 heavy (non-hydrogen) atoms. The number of aromatic nitrogens is 3. The Morgan fingerprint density at radius 3 is 1.68 bits per heavy atom. The van der Waals surface area contributed by atoms with E-state index in [1.807, 2.05) is 25.2 Å². The van der Waals surface area contributed by atoms with Crippen molar-refractivity contribution in [3.8, 4) is 39.5 Å². The van der Waals surface area contributed by atoms with Gasteiger partial charge in [-0.3, -0.25) is 4.57 Å². The highest BCUT2D eigenvalue weighted by Crippen LogP contribution is 2.48. The van der Waals surface area contributed by atoms with Crippen molar-refractivity contribution in [1.29, 1.82) is 0 Å². The standard InChI is InChI=1S/C60H35N3S.C2H6/c1-3-17-40-36(14-1)16-11-24-41(40)38-30-32-39(33-31-38)56-49-23-9-10-29-52(49)61-60(62-56)63-57-47(48-26-13-28-51-54-42-18-4-2-15-37(42)34-35-53(54)64-59(48)51)25-12-27-50(57)55-45-21-7-5-19-43(45)44-20-6-8-22-46(44)58(55)63;1-2/h1-35H;1-2H3. The van der Waals surface area contributed by atoms with Crippen LogP contribution in [0.1, 0.15) is 13.8 Å². The quantitative estimate of drug-likeness (QED) is 0.165. The van der Waals surface area contributed by atoms with Gasteiger partial charge in [0.2, 0.25) is 5.95 Å².